The molecule has 226 valence electrons. The van der Waals surface area contributed by atoms with Crippen molar-refractivity contribution in [3.63, 3.8) is 0 Å². The molecule has 1 aliphatic rings. The summed E-state index contributed by atoms with van der Waals surface area (Å²) in [5.74, 6) is -4.62. The van der Waals surface area contributed by atoms with E-state index in [-0.39, 0.29) is 0 Å². The number of fused-ring (bicyclic) bond motifs is 1. The minimum absolute atomic E-state index is 0.527. The van der Waals surface area contributed by atoms with Gasteiger partial charge in [0.2, 0.25) is 0 Å². The van der Waals surface area contributed by atoms with Crippen LogP contribution in [0.3, 0.4) is 0 Å². The normalized spacial score (nSPS) is 13.8. The van der Waals surface area contributed by atoms with Crippen LogP contribution in [0.15, 0.2) is 24.3 Å². The van der Waals surface area contributed by atoms with Crippen LogP contribution in [0.2, 0.25) is 0 Å². The molecule has 1 aromatic heterocycles. The summed E-state index contributed by atoms with van der Waals surface area (Å²) in [5, 5.41) is 22.9. The molecule has 1 aliphatic heterocycles. The number of alkyl halides is 6. The van der Waals surface area contributed by atoms with Crippen molar-refractivity contribution < 1.29 is 55.6 Å². The van der Waals surface area contributed by atoms with E-state index in [0.717, 1.165) is 50.6 Å². The first-order chi connectivity index (χ1) is 18.5. The topological polar surface area (TPSA) is 130 Å². The molecule has 17 heteroatoms. The minimum Gasteiger partial charge on any atom is -0.497 e. The van der Waals surface area contributed by atoms with Crippen molar-refractivity contribution in [3.8, 4) is 5.75 Å². The summed E-state index contributed by atoms with van der Waals surface area (Å²) in [7, 11) is 5.79. The average molecular weight is 588 g/mol. The Morgan fingerprint density at radius 3 is 2.02 bits per heavy atom. The maximum absolute atomic E-state index is 10.6. The van der Waals surface area contributed by atoms with Gasteiger partial charge in [-0.1, -0.05) is 17.3 Å². The number of benzene rings is 1. The van der Waals surface area contributed by atoms with E-state index in [9.17, 15) is 26.3 Å². The standard InChI is InChI=1S/C19H29N5O2.2C2HF3O2/c1-22(2)11-12-26-15-18-19-14-23(9-4-10-24(19)21-20-18)13-16-5-7-17(25-3)8-6-16;2*3-2(4,5)1(6)7/h5-8H,4,9-15H2,1-3H3;2*(H,6,7). The molecule has 0 amide bonds. The van der Waals surface area contributed by atoms with E-state index in [1.807, 2.05) is 30.9 Å². The summed E-state index contributed by atoms with van der Waals surface area (Å²) < 4.78 is 76.5. The Hall–Kier alpha value is -3.44. The third-order valence-corrected chi connectivity index (χ3v) is 5.11. The smallest absolute Gasteiger partial charge is 0.490 e. The summed E-state index contributed by atoms with van der Waals surface area (Å²) in [6, 6.07) is 8.29. The van der Waals surface area contributed by atoms with Gasteiger partial charge in [0.1, 0.15) is 11.4 Å². The van der Waals surface area contributed by atoms with E-state index < -0.39 is 24.3 Å². The molecule has 0 radical (unpaired) electrons. The Bertz CT molecular complexity index is 1040. The van der Waals surface area contributed by atoms with Gasteiger partial charge in [-0.15, -0.1) is 5.10 Å². The number of nitrogens with zero attached hydrogens (tertiary/aromatic N) is 5. The first-order valence-corrected chi connectivity index (χ1v) is 11.6. The molecule has 1 aromatic carbocycles. The number of ether oxygens (including phenoxy) is 2. The van der Waals surface area contributed by atoms with Crippen molar-refractivity contribution in [2.24, 2.45) is 0 Å². The minimum atomic E-state index is -5.08. The molecule has 0 spiro atoms. The Labute approximate surface area is 225 Å². The highest BCUT2D eigenvalue weighted by Gasteiger charge is 2.38. The van der Waals surface area contributed by atoms with Crippen LogP contribution < -0.4 is 4.74 Å². The van der Waals surface area contributed by atoms with Gasteiger partial charge in [0.05, 0.1) is 26.0 Å². The maximum atomic E-state index is 10.6. The second-order valence-corrected chi connectivity index (χ2v) is 8.58. The van der Waals surface area contributed by atoms with Crippen LogP contribution in [0.25, 0.3) is 0 Å². The number of halogens is 6. The molecule has 2 aromatic rings. The number of rotatable bonds is 8. The van der Waals surface area contributed by atoms with Crippen LogP contribution in [-0.2, 0) is 40.6 Å². The van der Waals surface area contributed by atoms with E-state index in [0.29, 0.717) is 13.2 Å². The molecule has 2 heterocycles. The Morgan fingerprint density at radius 1 is 1.00 bits per heavy atom. The van der Waals surface area contributed by atoms with Gasteiger partial charge in [0, 0.05) is 32.7 Å². The fourth-order valence-electron chi connectivity index (χ4n) is 3.11. The van der Waals surface area contributed by atoms with Crippen LogP contribution in [0, 0.1) is 0 Å². The number of aliphatic carboxylic acids is 2. The molecule has 0 atom stereocenters. The van der Waals surface area contributed by atoms with Crippen LogP contribution in [-0.4, -0.2) is 100 Å². The number of hydrogen-bond acceptors (Lipinski definition) is 8. The van der Waals surface area contributed by atoms with E-state index >= 15 is 0 Å². The van der Waals surface area contributed by atoms with E-state index in [1.54, 1.807) is 7.11 Å². The zero-order valence-corrected chi connectivity index (χ0v) is 22.0. The number of carboxylic acids is 2. The van der Waals surface area contributed by atoms with E-state index in [4.69, 9.17) is 29.3 Å². The van der Waals surface area contributed by atoms with Crippen molar-refractivity contribution in [2.75, 3.05) is 40.9 Å². The zero-order valence-electron chi connectivity index (χ0n) is 22.0. The van der Waals surface area contributed by atoms with Gasteiger partial charge in [-0.05, 0) is 38.2 Å². The summed E-state index contributed by atoms with van der Waals surface area (Å²) in [6.07, 6.45) is -9.09. The lowest BCUT2D eigenvalue weighted by atomic mass is 10.2. The molecule has 0 bridgehead atoms. The van der Waals surface area contributed by atoms with Gasteiger partial charge < -0.3 is 24.6 Å². The molecule has 0 unspecified atom stereocenters. The zero-order chi connectivity index (χ0) is 30.5. The number of likely N-dealkylation sites (N-methyl/N-ethyl adjacent to an activating group) is 1. The lowest BCUT2D eigenvalue weighted by Gasteiger charge is -2.20. The molecule has 0 aliphatic carbocycles. The predicted molar refractivity (Wildman–Crippen MR) is 127 cm³/mol. The molecule has 0 fully saturated rings. The average Bonchev–Trinajstić information content (AvgIpc) is 3.10. The largest absolute Gasteiger partial charge is 0.497 e. The van der Waals surface area contributed by atoms with Crippen molar-refractivity contribution in [1.29, 1.82) is 0 Å². The summed E-state index contributed by atoms with van der Waals surface area (Å²) >= 11 is 0. The number of carboxylic acid groups (broad SMARTS) is 2. The first-order valence-electron chi connectivity index (χ1n) is 11.6. The molecule has 11 nitrogen and oxygen atoms in total. The Kier molecular flexibility index (Phi) is 13.8. The van der Waals surface area contributed by atoms with Crippen molar-refractivity contribution in [1.82, 2.24) is 24.8 Å². The predicted octanol–water partition coefficient (Wildman–Crippen LogP) is 3.04. The van der Waals surface area contributed by atoms with E-state index in [1.165, 1.54) is 11.3 Å². The quantitative estimate of drug-likeness (QED) is 0.351. The number of aryl methyl sites for hydroxylation is 1. The summed E-state index contributed by atoms with van der Waals surface area (Å²) in [5.41, 5.74) is 3.43. The van der Waals surface area contributed by atoms with Crippen molar-refractivity contribution in [3.05, 3.63) is 41.2 Å². The van der Waals surface area contributed by atoms with Gasteiger partial charge >= 0.3 is 24.3 Å². The maximum Gasteiger partial charge on any atom is 0.490 e. The second kappa shape index (κ2) is 16.0. The van der Waals surface area contributed by atoms with Gasteiger partial charge in [-0.2, -0.15) is 26.3 Å². The molecule has 3 rings (SSSR count). The fraction of sp³-hybridized carbons (Fsp3) is 0.565. The summed E-state index contributed by atoms with van der Waals surface area (Å²) in [6.45, 7) is 5.87. The number of methoxy groups -OCH3 is 1. The monoisotopic (exact) mass is 587 g/mol. The van der Waals surface area contributed by atoms with Gasteiger partial charge in [-0.25, -0.2) is 14.3 Å². The molecule has 0 saturated carbocycles. The van der Waals surface area contributed by atoms with Crippen LogP contribution >= 0.6 is 0 Å². The number of carbonyl (C=O) groups is 2. The van der Waals surface area contributed by atoms with Crippen LogP contribution in [0.1, 0.15) is 23.4 Å². The van der Waals surface area contributed by atoms with E-state index in [2.05, 4.69) is 32.2 Å². The fourth-order valence-corrected chi connectivity index (χ4v) is 3.11. The number of hydrogen-bond donors (Lipinski definition) is 2. The highest BCUT2D eigenvalue weighted by molar-refractivity contribution is 5.73. The van der Waals surface area contributed by atoms with Crippen molar-refractivity contribution >= 4 is 11.9 Å². The summed E-state index contributed by atoms with van der Waals surface area (Å²) in [4.78, 5) is 22.4. The Morgan fingerprint density at radius 2 is 1.55 bits per heavy atom. The highest BCUT2D eigenvalue weighted by atomic mass is 19.4. The van der Waals surface area contributed by atoms with Gasteiger partial charge in [0.25, 0.3) is 0 Å². The molecule has 0 saturated heterocycles. The molecular weight excluding hydrogens is 556 g/mol. The molecular formula is C23H31F6N5O6. The lowest BCUT2D eigenvalue weighted by molar-refractivity contribution is -0.193. The van der Waals surface area contributed by atoms with Crippen LogP contribution in [0.4, 0.5) is 26.3 Å². The third kappa shape index (κ3) is 13.1. The SMILES string of the molecule is COc1ccc(CN2CCCn3nnc(COCCN(C)C)c3C2)cc1.O=C(O)C(F)(F)F.O=C(O)C(F)(F)F. The van der Waals surface area contributed by atoms with Gasteiger partial charge in [-0.3, -0.25) is 4.90 Å². The lowest BCUT2D eigenvalue weighted by Crippen LogP contribution is -2.23. The first kappa shape index (κ1) is 34.6. The van der Waals surface area contributed by atoms with Crippen molar-refractivity contribution in [2.45, 2.75) is 45.0 Å². The number of aromatic nitrogens is 3. The molecule has 40 heavy (non-hydrogen) atoms. The third-order valence-electron chi connectivity index (χ3n) is 5.11. The Balaban J connectivity index is 0.000000473. The highest BCUT2D eigenvalue weighted by Crippen LogP contribution is 2.19. The second-order valence-electron chi connectivity index (χ2n) is 8.58. The van der Waals surface area contributed by atoms with Crippen LogP contribution in [0.5, 0.6) is 5.75 Å². The molecule has 2 N–H and O–H groups in total. The van der Waals surface area contributed by atoms with Gasteiger partial charge in [0.15, 0.2) is 0 Å².